The van der Waals surface area contributed by atoms with E-state index >= 15 is 0 Å². The number of carbonyl (C=O) groups excluding carboxylic acids is 1. The van der Waals surface area contributed by atoms with Crippen molar-refractivity contribution >= 4 is 5.78 Å². The average molecular weight is 279 g/mol. The first-order valence-corrected chi connectivity index (χ1v) is 6.14. The number of aryl methyl sites for hydroxylation is 1. The molecule has 0 unspecified atom stereocenters. The molecule has 20 heavy (non-hydrogen) atoms. The van der Waals surface area contributed by atoms with Crippen LogP contribution in [0.2, 0.25) is 0 Å². The Kier molecular flexibility index (Phi) is 3.88. The standard InChI is InChI=1S/C15H15F2NO2/c1-9-6-12(10(2)18(9)3)15(19)8-20-11-4-5-13(16)14(17)7-11/h4-7H,8H2,1-3H3. The van der Waals surface area contributed by atoms with Gasteiger partial charge in [-0.2, -0.15) is 0 Å². The molecule has 0 fully saturated rings. The first-order chi connectivity index (χ1) is 9.40. The largest absolute Gasteiger partial charge is 0.485 e. The van der Waals surface area contributed by atoms with Gasteiger partial charge in [0.15, 0.2) is 18.2 Å². The van der Waals surface area contributed by atoms with Gasteiger partial charge in [0, 0.05) is 30.1 Å². The molecule has 0 atom stereocenters. The van der Waals surface area contributed by atoms with Crippen LogP contribution in [0.1, 0.15) is 21.7 Å². The molecule has 1 aromatic carbocycles. The third kappa shape index (κ3) is 2.71. The highest BCUT2D eigenvalue weighted by molar-refractivity contribution is 5.98. The summed E-state index contributed by atoms with van der Waals surface area (Å²) in [5.41, 5.74) is 2.40. The Balaban J connectivity index is 2.08. The van der Waals surface area contributed by atoms with E-state index in [9.17, 15) is 13.6 Å². The summed E-state index contributed by atoms with van der Waals surface area (Å²) in [5.74, 6) is -2.02. The smallest absolute Gasteiger partial charge is 0.202 e. The first kappa shape index (κ1) is 14.2. The number of hydrogen-bond donors (Lipinski definition) is 0. The van der Waals surface area contributed by atoms with E-state index in [-0.39, 0.29) is 18.1 Å². The van der Waals surface area contributed by atoms with Gasteiger partial charge in [-0.1, -0.05) is 0 Å². The number of rotatable bonds is 4. The molecule has 0 saturated heterocycles. The second-order valence-corrected chi connectivity index (χ2v) is 4.63. The van der Waals surface area contributed by atoms with Gasteiger partial charge in [-0.25, -0.2) is 8.78 Å². The number of aromatic nitrogens is 1. The minimum absolute atomic E-state index is 0.127. The van der Waals surface area contributed by atoms with E-state index < -0.39 is 11.6 Å². The van der Waals surface area contributed by atoms with Crippen molar-refractivity contribution in [2.75, 3.05) is 6.61 Å². The lowest BCUT2D eigenvalue weighted by atomic mass is 10.1. The molecule has 2 rings (SSSR count). The normalized spacial score (nSPS) is 10.7. The average Bonchev–Trinajstić information content (AvgIpc) is 2.67. The summed E-state index contributed by atoms with van der Waals surface area (Å²) in [4.78, 5) is 12.1. The Morgan fingerprint density at radius 2 is 1.90 bits per heavy atom. The highest BCUT2D eigenvalue weighted by Crippen LogP contribution is 2.17. The fourth-order valence-electron chi connectivity index (χ4n) is 1.93. The van der Waals surface area contributed by atoms with E-state index in [1.54, 1.807) is 6.07 Å². The molecule has 0 spiro atoms. The number of ketones is 1. The zero-order chi connectivity index (χ0) is 14.9. The van der Waals surface area contributed by atoms with Crippen molar-refractivity contribution < 1.29 is 18.3 Å². The number of ether oxygens (including phenoxy) is 1. The minimum Gasteiger partial charge on any atom is -0.485 e. The monoisotopic (exact) mass is 279 g/mol. The van der Waals surface area contributed by atoms with E-state index in [4.69, 9.17) is 4.74 Å². The molecule has 2 aromatic rings. The topological polar surface area (TPSA) is 31.2 Å². The van der Waals surface area contributed by atoms with Gasteiger partial charge in [0.25, 0.3) is 0 Å². The molecule has 0 N–H and O–H groups in total. The molecule has 1 aromatic heterocycles. The highest BCUT2D eigenvalue weighted by atomic mass is 19.2. The lowest BCUT2D eigenvalue weighted by molar-refractivity contribution is 0.0920. The third-order valence-corrected chi connectivity index (χ3v) is 3.34. The summed E-state index contributed by atoms with van der Waals surface area (Å²) in [5, 5.41) is 0. The fraction of sp³-hybridized carbons (Fsp3) is 0.267. The highest BCUT2D eigenvalue weighted by Gasteiger charge is 2.15. The zero-order valence-electron chi connectivity index (χ0n) is 11.5. The van der Waals surface area contributed by atoms with Crippen molar-refractivity contribution in [3.63, 3.8) is 0 Å². The van der Waals surface area contributed by atoms with E-state index in [1.807, 2.05) is 25.5 Å². The summed E-state index contributed by atoms with van der Waals surface area (Å²) in [6.07, 6.45) is 0. The van der Waals surface area contributed by atoms with Crippen LogP contribution in [-0.2, 0) is 7.05 Å². The van der Waals surface area contributed by atoms with Crippen molar-refractivity contribution in [2.45, 2.75) is 13.8 Å². The van der Waals surface area contributed by atoms with Crippen LogP contribution >= 0.6 is 0 Å². The molecule has 0 bridgehead atoms. The number of hydrogen-bond acceptors (Lipinski definition) is 2. The SMILES string of the molecule is Cc1cc(C(=O)COc2ccc(F)c(F)c2)c(C)n1C. The van der Waals surface area contributed by atoms with Crippen LogP contribution in [0.5, 0.6) is 5.75 Å². The number of Topliss-reactive ketones (excluding diaryl/α,β-unsaturated/α-hetero) is 1. The molecule has 106 valence electrons. The lowest BCUT2D eigenvalue weighted by Gasteiger charge is -2.06. The van der Waals surface area contributed by atoms with Gasteiger partial charge in [0.2, 0.25) is 5.78 Å². The Morgan fingerprint density at radius 1 is 1.20 bits per heavy atom. The van der Waals surface area contributed by atoms with Crippen molar-refractivity contribution in [1.29, 1.82) is 0 Å². The zero-order valence-corrected chi connectivity index (χ0v) is 11.5. The number of carbonyl (C=O) groups is 1. The second kappa shape index (κ2) is 5.45. The summed E-state index contributed by atoms with van der Waals surface area (Å²) in [6.45, 7) is 3.53. The van der Waals surface area contributed by atoms with Crippen LogP contribution in [-0.4, -0.2) is 17.0 Å². The molecular weight excluding hydrogens is 264 g/mol. The van der Waals surface area contributed by atoms with Crippen molar-refractivity contribution in [1.82, 2.24) is 4.57 Å². The summed E-state index contributed by atoms with van der Waals surface area (Å²) < 4.78 is 32.9. The van der Waals surface area contributed by atoms with Gasteiger partial charge < -0.3 is 9.30 Å². The number of benzene rings is 1. The third-order valence-electron chi connectivity index (χ3n) is 3.34. The lowest BCUT2D eigenvalue weighted by Crippen LogP contribution is -2.12. The van der Waals surface area contributed by atoms with Gasteiger partial charge in [-0.05, 0) is 32.0 Å². The molecular formula is C15H15F2NO2. The number of halogens is 2. The van der Waals surface area contributed by atoms with Crippen LogP contribution in [0.25, 0.3) is 0 Å². The van der Waals surface area contributed by atoms with Gasteiger partial charge in [-0.3, -0.25) is 4.79 Å². The second-order valence-electron chi connectivity index (χ2n) is 4.63. The van der Waals surface area contributed by atoms with E-state index in [2.05, 4.69) is 0 Å². The number of nitrogens with zero attached hydrogens (tertiary/aromatic N) is 1. The molecule has 5 heteroatoms. The summed E-state index contributed by atoms with van der Waals surface area (Å²) in [6, 6.07) is 4.96. The Labute approximate surface area is 115 Å². The molecule has 0 aliphatic rings. The quantitative estimate of drug-likeness (QED) is 0.805. The summed E-state index contributed by atoms with van der Waals surface area (Å²) >= 11 is 0. The molecule has 0 aliphatic carbocycles. The van der Waals surface area contributed by atoms with Crippen molar-refractivity contribution in [3.8, 4) is 5.75 Å². The van der Waals surface area contributed by atoms with Crippen LogP contribution in [0, 0.1) is 25.5 Å². The Bertz CT molecular complexity index is 662. The van der Waals surface area contributed by atoms with Gasteiger partial charge in [0.1, 0.15) is 5.75 Å². The maximum atomic E-state index is 13.0. The molecule has 0 amide bonds. The Morgan fingerprint density at radius 3 is 2.45 bits per heavy atom. The Hall–Kier alpha value is -2.17. The first-order valence-electron chi connectivity index (χ1n) is 6.14. The van der Waals surface area contributed by atoms with Gasteiger partial charge in [0.05, 0.1) is 0 Å². The molecule has 0 radical (unpaired) electrons. The van der Waals surface area contributed by atoms with Crippen LogP contribution in [0.4, 0.5) is 8.78 Å². The predicted molar refractivity (Wildman–Crippen MR) is 71.1 cm³/mol. The van der Waals surface area contributed by atoms with Gasteiger partial charge >= 0.3 is 0 Å². The van der Waals surface area contributed by atoms with Gasteiger partial charge in [-0.15, -0.1) is 0 Å². The molecule has 0 aliphatic heterocycles. The van der Waals surface area contributed by atoms with Crippen molar-refractivity contribution in [3.05, 3.63) is 52.9 Å². The summed E-state index contributed by atoms with van der Waals surface area (Å²) in [7, 11) is 1.87. The van der Waals surface area contributed by atoms with Crippen LogP contribution in [0.15, 0.2) is 24.3 Å². The molecule has 0 saturated carbocycles. The molecule has 3 nitrogen and oxygen atoms in total. The fourth-order valence-corrected chi connectivity index (χ4v) is 1.93. The molecule has 1 heterocycles. The van der Waals surface area contributed by atoms with Crippen LogP contribution < -0.4 is 4.74 Å². The van der Waals surface area contributed by atoms with E-state index in [1.165, 1.54) is 6.07 Å². The van der Waals surface area contributed by atoms with Crippen LogP contribution in [0.3, 0.4) is 0 Å². The van der Waals surface area contributed by atoms with E-state index in [0.29, 0.717) is 5.56 Å². The maximum Gasteiger partial charge on any atom is 0.202 e. The van der Waals surface area contributed by atoms with E-state index in [0.717, 1.165) is 23.5 Å². The minimum atomic E-state index is -0.998. The maximum absolute atomic E-state index is 13.0. The van der Waals surface area contributed by atoms with Crippen molar-refractivity contribution in [2.24, 2.45) is 7.05 Å². The predicted octanol–water partition coefficient (Wildman–Crippen LogP) is 3.18.